The molecule has 6 nitrogen and oxygen atoms in total. The number of aromatic nitrogens is 4. The molecule has 1 aliphatic rings. The minimum atomic E-state index is -0.0830. The van der Waals surface area contributed by atoms with Crippen LogP contribution in [-0.4, -0.2) is 25.9 Å². The molecule has 132 valence electrons. The highest BCUT2D eigenvalue weighted by molar-refractivity contribution is 7.09. The van der Waals surface area contributed by atoms with Gasteiger partial charge in [0, 0.05) is 23.9 Å². The molecule has 0 radical (unpaired) electrons. The van der Waals surface area contributed by atoms with E-state index in [1.54, 1.807) is 15.9 Å². The van der Waals surface area contributed by atoms with Crippen LogP contribution in [0.5, 0.6) is 0 Å². The van der Waals surface area contributed by atoms with Crippen LogP contribution in [-0.2, 0) is 23.2 Å². The first-order valence-electron chi connectivity index (χ1n) is 8.55. The van der Waals surface area contributed by atoms with Crippen LogP contribution in [0.1, 0.15) is 63.7 Å². The van der Waals surface area contributed by atoms with E-state index in [0.717, 1.165) is 29.6 Å². The third-order valence-corrected chi connectivity index (χ3v) is 5.35. The maximum Gasteiger partial charge on any atom is 0.346 e. The van der Waals surface area contributed by atoms with Gasteiger partial charge in [-0.1, -0.05) is 27.7 Å². The van der Waals surface area contributed by atoms with Crippen LogP contribution in [0.25, 0.3) is 0 Å². The lowest BCUT2D eigenvalue weighted by Gasteiger charge is -2.14. The molecule has 0 spiro atoms. The number of hydrogen-bond donors (Lipinski definition) is 0. The van der Waals surface area contributed by atoms with Crippen LogP contribution in [0.2, 0.25) is 0 Å². The van der Waals surface area contributed by atoms with Crippen molar-refractivity contribution in [3.63, 3.8) is 0 Å². The molecule has 0 saturated carbocycles. The third kappa shape index (κ3) is 3.19. The highest BCUT2D eigenvalue weighted by atomic mass is 32.1. The number of ether oxygens (including phenoxy) is 1. The zero-order valence-electron chi connectivity index (χ0n) is 15.1. The lowest BCUT2D eigenvalue weighted by molar-refractivity contribution is 0.0836. The van der Waals surface area contributed by atoms with Crippen molar-refractivity contribution < 1.29 is 4.74 Å². The normalized spacial score (nSPS) is 21.5. The van der Waals surface area contributed by atoms with Crippen LogP contribution < -0.4 is 5.69 Å². The molecule has 1 saturated heterocycles. The van der Waals surface area contributed by atoms with Crippen molar-refractivity contribution in [1.29, 1.82) is 0 Å². The minimum absolute atomic E-state index is 0.0147. The molecule has 2 aromatic rings. The predicted octanol–water partition coefficient (Wildman–Crippen LogP) is 2.96. The molecule has 7 heteroatoms. The first-order chi connectivity index (χ1) is 11.3. The van der Waals surface area contributed by atoms with Gasteiger partial charge in [0.15, 0.2) is 5.82 Å². The molecule has 0 bridgehead atoms. The minimum Gasteiger partial charge on any atom is -0.370 e. The lowest BCUT2D eigenvalue weighted by atomic mass is 9.93. The Kier molecular flexibility index (Phi) is 4.66. The second-order valence-corrected chi connectivity index (χ2v) is 8.42. The molecule has 0 aliphatic carbocycles. The second kappa shape index (κ2) is 6.44. The summed E-state index contributed by atoms with van der Waals surface area (Å²) in [7, 11) is 0. The molecular formula is C17H26N4O2S. The van der Waals surface area contributed by atoms with Crippen LogP contribution in [0.15, 0.2) is 10.2 Å². The summed E-state index contributed by atoms with van der Waals surface area (Å²) >= 11 is 1.58. The molecule has 3 rings (SSSR count). The Morgan fingerprint density at radius 1 is 1.42 bits per heavy atom. The van der Waals surface area contributed by atoms with Gasteiger partial charge in [0.2, 0.25) is 0 Å². The van der Waals surface area contributed by atoms with Gasteiger partial charge in [-0.15, -0.1) is 11.3 Å². The quantitative estimate of drug-likeness (QED) is 0.850. The standard InChI is InChI=1S/C17H26N4O2S/c1-6-20-15(14-11(2)7-8-23-14)19-21(16(20)22)9-13-18-12(10-24-13)17(3,4)5/h10-11,14H,6-9H2,1-5H3/t11-,14+/m1/s1. The van der Waals surface area contributed by atoms with Gasteiger partial charge < -0.3 is 4.74 Å². The Morgan fingerprint density at radius 3 is 2.71 bits per heavy atom. The Balaban J connectivity index is 1.90. The molecular weight excluding hydrogens is 324 g/mol. The van der Waals surface area contributed by atoms with E-state index in [9.17, 15) is 4.79 Å². The van der Waals surface area contributed by atoms with Crippen molar-refractivity contribution in [3.8, 4) is 0 Å². The maximum atomic E-state index is 12.7. The monoisotopic (exact) mass is 350 g/mol. The summed E-state index contributed by atoms with van der Waals surface area (Å²) in [4.78, 5) is 17.4. The van der Waals surface area contributed by atoms with E-state index in [1.807, 2.05) is 6.92 Å². The smallest absolute Gasteiger partial charge is 0.346 e. The first kappa shape index (κ1) is 17.4. The average molecular weight is 350 g/mol. The van der Waals surface area contributed by atoms with E-state index in [2.05, 4.69) is 43.2 Å². The van der Waals surface area contributed by atoms with E-state index in [0.29, 0.717) is 19.0 Å². The fourth-order valence-corrected chi connectivity index (χ4v) is 3.95. The molecule has 2 atom stereocenters. The zero-order valence-corrected chi connectivity index (χ0v) is 15.9. The summed E-state index contributed by atoms with van der Waals surface area (Å²) in [5, 5.41) is 7.57. The van der Waals surface area contributed by atoms with Gasteiger partial charge in [-0.2, -0.15) is 5.10 Å². The van der Waals surface area contributed by atoms with E-state index in [1.165, 1.54) is 4.68 Å². The van der Waals surface area contributed by atoms with Gasteiger partial charge >= 0.3 is 5.69 Å². The van der Waals surface area contributed by atoms with Crippen molar-refractivity contribution in [3.05, 3.63) is 32.4 Å². The molecule has 3 heterocycles. The summed E-state index contributed by atoms with van der Waals surface area (Å²) in [6.45, 7) is 12.3. The summed E-state index contributed by atoms with van der Waals surface area (Å²) in [6.07, 6.45) is 0.928. The Bertz CT molecular complexity index is 768. The number of rotatable bonds is 4. The van der Waals surface area contributed by atoms with Gasteiger partial charge in [0.05, 0.1) is 12.2 Å². The highest BCUT2D eigenvalue weighted by Crippen LogP contribution is 2.32. The van der Waals surface area contributed by atoms with E-state index in [-0.39, 0.29) is 17.2 Å². The van der Waals surface area contributed by atoms with Gasteiger partial charge in [-0.3, -0.25) is 4.57 Å². The Labute approximate surface area is 146 Å². The summed E-state index contributed by atoms with van der Waals surface area (Å²) in [6, 6.07) is 0. The SMILES string of the molecule is CCn1c([C@H]2OCC[C@H]2C)nn(Cc2nc(C(C)(C)C)cs2)c1=O. The molecule has 0 amide bonds. The number of nitrogens with zero attached hydrogens (tertiary/aromatic N) is 4. The van der Waals surface area contributed by atoms with Crippen LogP contribution in [0.3, 0.4) is 0 Å². The fraction of sp³-hybridized carbons (Fsp3) is 0.706. The van der Waals surface area contributed by atoms with E-state index in [4.69, 9.17) is 4.74 Å². The molecule has 2 aromatic heterocycles. The van der Waals surface area contributed by atoms with Gasteiger partial charge in [-0.25, -0.2) is 14.5 Å². The van der Waals surface area contributed by atoms with Crippen molar-refractivity contribution in [2.75, 3.05) is 6.61 Å². The second-order valence-electron chi connectivity index (χ2n) is 7.48. The van der Waals surface area contributed by atoms with Gasteiger partial charge in [0.25, 0.3) is 0 Å². The Morgan fingerprint density at radius 2 is 2.17 bits per heavy atom. The molecule has 24 heavy (non-hydrogen) atoms. The summed E-state index contributed by atoms with van der Waals surface area (Å²) in [5.41, 5.74) is 0.988. The number of hydrogen-bond acceptors (Lipinski definition) is 5. The van der Waals surface area contributed by atoms with Crippen molar-refractivity contribution >= 4 is 11.3 Å². The fourth-order valence-electron chi connectivity index (χ4n) is 2.95. The molecule has 0 N–H and O–H groups in total. The average Bonchev–Trinajstić information content (AvgIpc) is 3.19. The van der Waals surface area contributed by atoms with Gasteiger partial charge in [0.1, 0.15) is 11.1 Å². The van der Waals surface area contributed by atoms with Crippen molar-refractivity contribution in [2.45, 2.75) is 65.6 Å². The summed E-state index contributed by atoms with van der Waals surface area (Å²) < 4.78 is 9.07. The van der Waals surface area contributed by atoms with Crippen molar-refractivity contribution in [1.82, 2.24) is 19.3 Å². The third-order valence-electron chi connectivity index (χ3n) is 4.51. The Hall–Kier alpha value is -1.47. The number of thiazole rings is 1. The predicted molar refractivity (Wildman–Crippen MR) is 94.6 cm³/mol. The van der Waals surface area contributed by atoms with Crippen LogP contribution in [0, 0.1) is 5.92 Å². The van der Waals surface area contributed by atoms with E-state index < -0.39 is 0 Å². The first-order valence-corrected chi connectivity index (χ1v) is 9.43. The topological polar surface area (TPSA) is 61.9 Å². The van der Waals surface area contributed by atoms with Crippen LogP contribution >= 0.6 is 11.3 Å². The molecule has 0 aromatic carbocycles. The lowest BCUT2D eigenvalue weighted by Crippen LogP contribution is -2.26. The molecule has 1 fully saturated rings. The summed E-state index contributed by atoms with van der Waals surface area (Å²) in [5.74, 6) is 1.14. The highest BCUT2D eigenvalue weighted by Gasteiger charge is 2.31. The van der Waals surface area contributed by atoms with Crippen molar-refractivity contribution in [2.24, 2.45) is 5.92 Å². The van der Waals surface area contributed by atoms with E-state index >= 15 is 0 Å². The largest absolute Gasteiger partial charge is 0.370 e. The molecule has 1 aliphatic heterocycles. The van der Waals surface area contributed by atoms with Gasteiger partial charge in [-0.05, 0) is 19.3 Å². The van der Waals surface area contributed by atoms with Crippen LogP contribution in [0.4, 0.5) is 0 Å². The molecule has 0 unspecified atom stereocenters. The zero-order chi connectivity index (χ0) is 17.5. The maximum absolute atomic E-state index is 12.7.